The van der Waals surface area contributed by atoms with E-state index >= 15 is 0 Å². The highest BCUT2D eigenvalue weighted by Gasteiger charge is 2.39. The molecule has 0 aliphatic carbocycles. The lowest BCUT2D eigenvalue weighted by molar-refractivity contribution is 0.149. The van der Waals surface area contributed by atoms with Gasteiger partial charge in [0.05, 0.1) is 11.1 Å². The molecule has 1 N–H and O–H groups in total. The Balaban J connectivity index is 1.95. The van der Waals surface area contributed by atoms with E-state index in [2.05, 4.69) is 27.1 Å². The Kier molecular flexibility index (Phi) is 3.19. The zero-order valence-electron chi connectivity index (χ0n) is 11.5. The summed E-state index contributed by atoms with van der Waals surface area (Å²) < 4.78 is 5.14. The van der Waals surface area contributed by atoms with E-state index in [1.807, 2.05) is 32.0 Å². The van der Waals surface area contributed by atoms with Crippen LogP contribution in [0, 0.1) is 11.8 Å². The van der Waals surface area contributed by atoms with Gasteiger partial charge in [-0.3, -0.25) is 0 Å². The summed E-state index contributed by atoms with van der Waals surface area (Å²) >= 11 is 6.04. The van der Waals surface area contributed by atoms with Gasteiger partial charge < -0.3 is 10.1 Å². The van der Waals surface area contributed by atoms with E-state index in [1.165, 1.54) is 6.33 Å². The lowest BCUT2D eigenvalue weighted by atomic mass is 9.99. The number of ether oxygens (including phenoxy) is 1. The number of carbonyl (C=O) groups excluding carboxylic acids is 1. The number of alkyl carbamates (subject to hydrolysis) is 1. The molecule has 106 valence electrons. The molecule has 0 spiro atoms. The molecule has 0 radical (unpaired) electrons. The standard InChI is InChI=1S/C15H12ClN3O2/c1-15(2)12(21-14(20)19-15)6-4-9-3-5-11-10(7-9)13(16)18-8-17-11/h3,5,7-8,12H,1-2H3,(H,19,20). The summed E-state index contributed by atoms with van der Waals surface area (Å²) in [5.74, 6) is 5.96. The zero-order chi connectivity index (χ0) is 15.0. The molecule has 0 saturated carbocycles. The first-order chi connectivity index (χ1) is 9.95. The summed E-state index contributed by atoms with van der Waals surface area (Å²) in [7, 11) is 0. The maximum Gasteiger partial charge on any atom is 0.409 e. The summed E-state index contributed by atoms with van der Waals surface area (Å²) in [6.07, 6.45) is 0.472. The first-order valence-corrected chi connectivity index (χ1v) is 6.74. The van der Waals surface area contributed by atoms with Crippen LogP contribution in [0.2, 0.25) is 5.15 Å². The van der Waals surface area contributed by atoms with E-state index in [1.54, 1.807) is 0 Å². The first-order valence-electron chi connectivity index (χ1n) is 6.36. The fourth-order valence-corrected chi connectivity index (χ4v) is 2.27. The van der Waals surface area contributed by atoms with Crippen molar-refractivity contribution >= 4 is 28.6 Å². The maximum absolute atomic E-state index is 11.3. The van der Waals surface area contributed by atoms with Crippen LogP contribution in [-0.2, 0) is 4.74 Å². The molecule has 21 heavy (non-hydrogen) atoms. The van der Waals surface area contributed by atoms with Crippen molar-refractivity contribution in [2.45, 2.75) is 25.5 Å². The summed E-state index contributed by atoms with van der Waals surface area (Å²) in [6.45, 7) is 3.73. The number of carbonyl (C=O) groups is 1. The number of amides is 1. The Hall–Kier alpha value is -2.32. The summed E-state index contributed by atoms with van der Waals surface area (Å²) in [5.41, 5.74) is 1.01. The van der Waals surface area contributed by atoms with Crippen molar-refractivity contribution in [1.29, 1.82) is 0 Å². The number of cyclic esters (lactones) is 1. The third kappa shape index (κ3) is 2.63. The Labute approximate surface area is 126 Å². The van der Waals surface area contributed by atoms with Gasteiger partial charge in [0.2, 0.25) is 0 Å². The fraction of sp³-hybridized carbons (Fsp3) is 0.267. The van der Waals surface area contributed by atoms with E-state index in [0.29, 0.717) is 5.15 Å². The van der Waals surface area contributed by atoms with Crippen LogP contribution >= 0.6 is 11.6 Å². The third-order valence-corrected chi connectivity index (χ3v) is 3.54. The molecule has 1 fully saturated rings. The Morgan fingerprint density at radius 3 is 2.90 bits per heavy atom. The van der Waals surface area contributed by atoms with Gasteiger partial charge in [-0.25, -0.2) is 14.8 Å². The molecule has 5 nitrogen and oxygen atoms in total. The molecule has 6 heteroatoms. The summed E-state index contributed by atoms with van der Waals surface area (Å²) in [5, 5.41) is 3.84. The van der Waals surface area contributed by atoms with Crippen LogP contribution in [0.5, 0.6) is 0 Å². The van der Waals surface area contributed by atoms with Gasteiger partial charge in [0.25, 0.3) is 0 Å². The number of fused-ring (bicyclic) bond motifs is 1. The van der Waals surface area contributed by atoms with E-state index in [0.717, 1.165) is 16.5 Å². The number of benzene rings is 1. The molecule has 1 aromatic heterocycles. The molecule has 1 aliphatic rings. The van der Waals surface area contributed by atoms with Gasteiger partial charge in [0, 0.05) is 10.9 Å². The second-order valence-electron chi connectivity index (χ2n) is 5.30. The molecule has 2 heterocycles. The lowest BCUT2D eigenvalue weighted by Gasteiger charge is -2.18. The molecule has 1 amide bonds. The van der Waals surface area contributed by atoms with Gasteiger partial charge in [-0.15, -0.1) is 0 Å². The quantitative estimate of drug-likeness (QED) is 0.600. The van der Waals surface area contributed by atoms with Crippen molar-refractivity contribution in [2.24, 2.45) is 0 Å². The highest BCUT2D eigenvalue weighted by Crippen LogP contribution is 2.21. The molecular weight excluding hydrogens is 290 g/mol. The van der Waals surface area contributed by atoms with Crippen LogP contribution in [0.3, 0.4) is 0 Å². The number of nitrogens with zero attached hydrogens (tertiary/aromatic N) is 2. The number of aromatic nitrogens is 2. The van der Waals surface area contributed by atoms with E-state index in [4.69, 9.17) is 16.3 Å². The average Bonchev–Trinajstić information content (AvgIpc) is 2.69. The van der Waals surface area contributed by atoms with Gasteiger partial charge >= 0.3 is 6.09 Å². The zero-order valence-corrected chi connectivity index (χ0v) is 12.2. The maximum atomic E-state index is 11.3. The van der Waals surface area contributed by atoms with Crippen LogP contribution in [0.4, 0.5) is 4.79 Å². The van der Waals surface area contributed by atoms with Gasteiger partial charge in [0.15, 0.2) is 6.10 Å². The predicted octanol–water partition coefficient (Wildman–Crippen LogP) is 2.52. The van der Waals surface area contributed by atoms with Gasteiger partial charge in [-0.2, -0.15) is 0 Å². The summed E-state index contributed by atoms with van der Waals surface area (Å²) in [6, 6.07) is 5.49. The van der Waals surface area contributed by atoms with E-state index in [-0.39, 0.29) is 0 Å². The highest BCUT2D eigenvalue weighted by atomic mass is 35.5. The van der Waals surface area contributed by atoms with Crippen LogP contribution in [0.25, 0.3) is 10.9 Å². The second-order valence-corrected chi connectivity index (χ2v) is 5.66. The molecule has 1 aliphatic heterocycles. The van der Waals surface area contributed by atoms with Crippen LogP contribution in [-0.4, -0.2) is 27.7 Å². The van der Waals surface area contributed by atoms with Gasteiger partial charge in [-0.1, -0.05) is 23.4 Å². The smallest absolute Gasteiger partial charge is 0.409 e. The van der Waals surface area contributed by atoms with Crippen LogP contribution in [0.15, 0.2) is 24.5 Å². The predicted molar refractivity (Wildman–Crippen MR) is 78.9 cm³/mol. The molecule has 0 bridgehead atoms. The Bertz CT molecular complexity index is 792. The minimum Gasteiger partial charge on any atom is -0.430 e. The van der Waals surface area contributed by atoms with Crippen molar-refractivity contribution in [2.75, 3.05) is 0 Å². The number of nitrogens with one attached hydrogen (secondary N) is 1. The Morgan fingerprint density at radius 2 is 2.19 bits per heavy atom. The van der Waals surface area contributed by atoms with E-state index < -0.39 is 17.7 Å². The van der Waals surface area contributed by atoms with Gasteiger partial charge in [-0.05, 0) is 32.0 Å². The molecule has 1 atom stereocenters. The summed E-state index contributed by atoms with van der Waals surface area (Å²) in [4.78, 5) is 19.3. The fourth-order valence-electron chi connectivity index (χ4n) is 2.07. The number of halogens is 1. The molecule has 1 aromatic carbocycles. The minimum absolute atomic E-state index is 0.387. The minimum atomic E-state index is -0.512. The third-order valence-electron chi connectivity index (χ3n) is 3.24. The number of hydrogen-bond donors (Lipinski definition) is 1. The topological polar surface area (TPSA) is 64.1 Å². The van der Waals surface area contributed by atoms with Crippen molar-refractivity contribution < 1.29 is 9.53 Å². The number of hydrogen-bond acceptors (Lipinski definition) is 4. The largest absolute Gasteiger partial charge is 0.430 e. The molecule has 1 saturated heterocycles. The monoisotopic (exact) mass is 301 g/mol. The van der Waals surface area contributed by atoms with Crippen molar-refractivity contribution in [3.63, 3.8) is 0 Å². The Morgan fingerprint density at radius 1 is 1.38 bits per heavy atom. The SMILES string of the molecule is CC1(C)NC(=O)OC1C#Cc1ccc2ncnc(Cl)c2c1. The normalized spacial score (nSPS) is 19.6. The van der Waals surface area contributed by atoms with Gasteiger partial charge in [0.1, 0.15) is 11.5 Å². The molecule has 2 aromatic rings. The van der Waals surface area contributed by atoms with Crippen LogP contribution in [0.1, 0.15) is 19.4 Å². The first kappa shape index (κ1) is 13.7. The molecular formula is C15H12ClN3O2. The lowest BCUT2D eigenvalue weighted by Crippen LogP contribution is -2.41. The van der Waals surface area contributed by atoms with Crippen molar-refractivity contribution in [3.8, 4) is 11.8 Å². The highest BCUT2D eigenvalue weighted by molar-refractivity contribution is 6.34. The number of rotatable bonds is 0. The molecule has 1 unspecified atom stereocenters. The van der Waals surface area contributed by atoms with Crippen molar-refractivity contribution in [1.82, 2.24) is 15.3 Å². The second kappa shape index (κ2) is 4.90. The average molecular weight is 302 g/mol. The van der Waals surface area contributed by atoms with Crippen LogP contribution < -0.4 is 5.32 Å². The molecule has 3 rings (SSSR count). The van der Waals surface area contributed by atoms with E-state index in [9.17, 15) is 4.79 Å². The van der Waals surface area contributed by atoms with Crippen molar-refractivity contribution in [3.05, 3.63) is 35.2 Å².